The van der Waals surface area contributed by atoms with Gasteiger partial charge in [0.1, 0.15) is 24.4 Å². The smallest absolute Gasteiger partial charge is 0.280 e. The number of hydrogen-bond acceptors (Lipinski definition) is 8. The Morgan fingerprint density at radius 3 is 2.76 bits per heavy atom. The molecular weight excluding hydrogens is 322 g/mol. The zero-order valence-corrected chi connectivity index (χ0v) is 12.5. The summed E-state index contributed by atoms with van der Waals surface area (Å²) in [6.45, 7) is 6.48. The van der Waals surface area contributed by atoms with Crippen molar-refractivity contribution >= 4 is 33.1 Å². The highest BCUT2D eigenvalue weighted by molar-refractivity contribution is 7.20. The minimum Gasteiger partial charge on any atom is -0.394 e. The number of hydrogen-bond donors (Lipinski definition) is 4. The maximum absolute atomic E-state index is 10.1. The molecule has 8 nitrogen and oxygen atoms in total. The first-order valence-electron chi connectivity index (χ1n) is 5.97. The molecule has 1 saturated heterocycles. The molecule has 1 aromatic heterocycles. The van der Waals surface area contributed by atoms with Gasteiger partial charge in [-0.2, -0.15) is 0 Å². The fraction of sp³-hybridized carbons (Fsp3) is 0.636. The van der Waals surface area contributed by atoms with E-state index in [-0.39, 0.29) is 10.2 Å². The molecule has 1 aromatic rings. The summed E-state index contributed by atoms with van der Waals surface area (Å²) >= 11 is 6.80. The molecule has 2 rings (SSSR count). The average Bonchev–Trinajstić information content (AvgIpc) is 2.84. The van der Waals surface area contributed by atoms with E-state index in [1.807, 2.05) is 0 Å². The highest BCUT2D eigenvalue weighted by atomic mass is 35.5. The van der Waals surface area contributed by atoms with E-state index in [4.69, 9.17) is 32.8 Å². The summed E-state index contributed by atoms with van der Waals surface area (Å²) in [5, 5.41) is 32.5. The first-order chi connectivity index (χ1) is 10.0. The number of nitrogens with one attached hydrogen (secondary N) is 1. The van der Waals surface area contributed by atoms with Gasteiger partial charge in [-0.15, -0.1) is 11.3 Å². The number of nitrogens with zero attached hydrogens (tertiary/aromatic N) is 2. The van der Waals surface area contributed by atoms with E-state index >= 15 is 0 Å². The molecule has 0 spiro atoms. The summed E-state index contributed by atoms with van der Waals surface area (Å²) in [5.41, 5.74) is 0. The van der Waals surface area contributed by atoms with Crippen LogP contribution in [0, 0.1) is 6.57 Å². The van der Waals surface area contributed by atoms with Gasteiger partial charge in [-0.05, 0) is 0 Å². The van der Waals surface area contributed by atoms with Crippen LogP contribution in [0.3, 0.4) is 0 Å². The van der Waals surface area contributed by atoms with Gasteiger partial charge in [0.2, 0.25) is 0 Å². The third-order valence-corrected chi connectivity index (χ3v) is 4.33. The minimum atomic E-state index is -1.28. The Kier molecular flexibility index (Phi) is 5.34. The maximum atomic E-state index is 10.1. The molecule has 0 aliphatic carbocycles. The Labute approximate surface area is 129 Å². The van der Waals surface area contributed by atoms with Crippen LogP contribution in [0.25, 0.3) is 4.85 Å². The average molecular weight is 336 g/mol. The normalized spacial score (nSPS) is 32.7. The summed E-state index contributed by atoms with van der Waals surface area (Å²) in [4.78, 5) is 7.16. The second kappa shape index (κ2) is 6.85. The summed E-state index contributed by atoms with van der Waals surface area (Å²) in [7, 11) is 1.37. The Morgan fingerprint density at radius 2 is 2.24 bits per heavy atom. The van der Waals surface area contributed by atoms with Crippen LogP contribution in [0.5, 0.6) is 0 Å². The molecular formula is C11H14ClN3O5S. The fourth-order valence-electron chi connectivity index (χ4n) is 2.00. The van der Waals surface area contributed by atoms with Gasteiger partial charge in [-0.3, -0.25) is 0 Å². The molecule has 1 fully saturated rings. The van der Waals surface area contributed by atoms with Gasteiger partial charge < -0.3 is 30.1 Å². The summed E-state index contributed by atoms with van der Waals surface area (Å²) in [6.07, 6.45) is -4.38. The van der Waals surface area contributed by atoms with Crippen molar-refractivity contribution in [2.45, 2.75) is 30.6 Å². The minimum absolute atomic E-state index is 0.0615. The van der Waals surface area contributed by atoms with Crippen molar-refractivity contribution in [3.8, 4) is 0 Å². The second-order valence-corrected chi connectivity index (χ2v) is 5.67. The van der Waals surface area contributed by atoms with Crippen LogP contribution in [0.1, 0.15) is 0 Å². The zero-order chi connectivity index (χ0) is 15.6. The van der Waals surface area contributed by atoms with Gasteiger partial charge >= 0.3 is 0 Å². The van der Waals surface area contributed by atoms with Gasteiger partial charge in [0.05, 0.1) is 13.2 Å². The SMILES string of the molecule is [C-]#[N+]c1sc(N[C@H]2[C@H](OC)O[C@H](CO)[C@H](O)[C@@H]2O)nc1Cl. The van der Waals surface area contributed by atoms with Crippen LogP contribution in [0.2, 0.25) is 5.15 Å². The highest BCUT2D eigenvalue weighted by Gasteiger charge is 2.44. The third kappa shape index (κ3) is 3.27. The van der Waals surface area contributed by atoms with Crippen molar-refractivity contribution in [3.05, 3.63) is 16.6 Å². The van der Waals surface area contributed by atoms with Crippen LogP contribution in [0.4, 0.5) is 10.1 Å². The third-order valence-electron chi connectivity index (χ3n) is 3.07. The number of halogens is 1. The number of anilines is 1. The molecule has 116 valence electrons. The molecule has 2 heterocycles. The first-order valence-corrected chi connectivity index (χ1v) is 7.16. The van der Waals surface area contributed by atoms with Gasteiger partial charge in [0.25, 0.3) is 5.00 Å². The van der Waals surface area contributed by atoms with Crippen LogP contribution in [-0.2, 0) is 9.47 Å². The Bertz CT molecular complexity index is 534. The largest absolute Gasteiger partial charge is 0.394 e. The quantitative estimate of drug-likeness (QED) is 0.583. The lowest BCUT2D eigenvalue weighted by molar-refractivity contribution is -0.254. The van der Waals surface area contributed by atoms with E-state index in [1.165, 1.54) is 7.11 Å². The maximum Gasteiger partial charge on any atom is 0.280 e. The molecule has 10 heteroatoms. The molecule has 21 heavy (non-hydrogen) atoms. The monoisotopic (exact) mass is 335 g/mol. The number of methoxy groups -OCH3 is 1. The van der Waals surface area contributed by atoms with Crippen LogP contribution >= 0.6 is 22.9 Å². The predicted octanol–water partition coefficient (Wildman–Crippen LogP) is 0.213. The lowest BCUT2D eigenvalue weighted by Gasteiger charge is -2.41. The summed E-state index contributed by atoms with van der Waals surface area (Å²) in [6, 6.07) is -0.825. The van der Waals surface area contributed by atoms with E-state index in [2.05, 4.69) is 15.1 Å². The standard InChI is InChI=1S/C11H14ClN3O5S/c1-13-9-8(12)15-11(21-9)14-5-7(18)6(17)4(3-16)20-10(5)19-2/h4-7,10,16-18H,3H2,2H3,(H,14,15)/t4-,5-,6+,7-,10-/m1/s1. The molecule has 4 N–H and O–H groups in total. The van der Waals surface area contributed by atoms with Crippen molar-refractivity contribution in [2.24, 2.45) is 0 Å². The molecule has 1 aliphatic rings. The molecule has 0 bridgehead atoms. The van der Waals surface area contributed by atoms with E-state index in [0.717, 1.165) is 11.3 Å². The van der Waals surface area contributed by atoms with Gasteiger partial charge in [0.15, 0.2) is 16.6 Å². The lowest BCUT2D eigenvalue weighted by atomic mass is 9.97. The van der Waals surface area contributed by atoms with Crippen LogP contribution < -0.4 is 5.32 Å². The summed E-state index contributed by atoms with van der Waals surface area (Å²) < 4.78 is 10.5. The Hall–Kier alpha value is -0.990. The lowest BCUT2D eigenvalue weighted by Crippen LogP contribution is -2.61. The van der Waals surface area contributed by atoms with Crippen molar-refractivity contribution < 1.29 is 24.8 Å². The zero-order valence-electron chi connectivity index (χ0n) is 10.9. The number of rotatable bonds is 4. The number of ether oxygens (including phenoxy) is 2. The second-order valence-electron chi connectivity index (χ2n) is 4.34. The number of aliphatic hydroxyl groups is 3. The van der Waals surface area contributed by atoms with Gasteiger partial charge in [0, 0.05) is 7.11 Å². The molecule has 0 amide bonds. The van der Waals surface area contributed by atoms with Crippen molar-refractivity contribution in [2.75, 3.05) is 19.0 Å². The molecule has 5 atom stereocenters. The number of aliphatic hydroxyl groups excluding tert-OH is 3. The molecule has 0 radical (unpaired) electrons. The predicted molar refractivity (Wildman–Crippen MR) is 75.6 cm³/mol. The Balaban J connectivity index is 2.18. The Morgan fingerprint density at radius 1 is 1.52 bits per heavy atom. The number of thiazole rings is 1. The summed E-state index contributed by atoms with van der Waals surface area (Å²) in [5.74, 6) is 0. The number of aromatic nitrogens is 1. The van der Waals surface area contributed by atoms with Crippen molar-refractivity contribution in [1.82, 2.24) is 4.98 Å². The molecule has 1 aliphatic heterocycles. The molecule has 0 aromatic carbocycles. The van der Waals surface area contributed by atoms with Crippen molar-refractivity contribution in [1.29, 1.82) is 0 Å². The van der Waals surface area contributed by atoms with Gasteiger partial charge in [-0.1, -0.05) is 11.6 Å². The van der Waals surface area contributed by atoms with Gasteiger partial charge in [-0.25, -0.2) is 9.83 Å². The highest BCUT2D eigenvalue weighted by Crippen LogP contribution is 2.36. The van der Waals surface area contributed by atoms with E-state index in [1.54, 1.807) is 0 Å². The first kappa shape index (κ1) is 16.4. The fourth-order valence-corrected chi connectivity index (χ4v) is 2.99. The van der Waals surface area contributed by atoms with E-state index in [9.17, 15) is 10.2 Å². The van der Waals surface area contributed by atoms with Crippen molar-refractivity contribution in [3.63, 3.8) is 0 Å². The van der Waals surface area contributed by atoms with E-state index < -0.39 is 37.3 Å². The van der Waals surface area contributed by atoms with Crippen LogP contribution in [0.15, 0.2) is 0 Å². The van der Waals surface area contributed by atoms with Crippen LogP contribution in [-0.4, -0.2) is 64.7 Å². The topological polar surface area (TPSA) is 108 Å². The molecule has 0 unspecified atom stereocenters. The van der Waals surface area contributed by atoms with E-state index in [0.29, 0.717) is 5.13 Å². The molecule has 0 saturated carbocycles.